The highest BCUT2D eigenvalue weighted by molar-refractivity contribution is 6.34. The minimum absolute atomic E-state index is 0.000387. The molecule has 1 fully saturated rings. The number of amides is 1. The highest BCUT2D eigenvalue weighted by Crippen LogP contribution is 2.30. The molecule has 1 amide bonds. The number of carbonyl (C=O) groups is 2. The second-order valence-electron chi connectivity index (χ2n) is 7.89. The van der Waals surface area contributed by atoms with E-state index in [1.54, 1.807) is 6.07 Å². The number of carbonyl (C=O) groups excluding carboxylic acids is 2. The van der Waals surface area contributed by atoms with Crippen LogP contribution in [0.4, 0.5) is 5.69 Å². The molecule has 2 heterocycles. The summed E-state index contributed by atoms with van der Waals surface area (Å²) < 4.78 is 0. The summed E-state index contributed by atoms with van der Waals surface area (Å²) >= 11 is 6.37. The Morgan fingerprint density at radius 3 is 2.82 bits per heavy atom. The number of piperidine rings is 1. The molecule has 2 aliphatic rings. The SMILES string of the molecule is O=C1CCc2cc(C(=O)CN3CCC[C@H](Cc4ccccc4)C3)c(Cl)cc2N1. The van der Waals surface area contributed by atoms with Gasteiger partial charge in [-0.2, -0.15) is 0 Å². The molecular formula is C23H25ClN2O2. The number of nitrogens with one attached hydrogen (secondary N) is 1. The minimum Gasteiger partial charge on any atom is -0.326 e. The van der Waals surface area contributed by atoms with Crippen molar-refractivity contribution < 1.29 is 9.59 Å². The summed E-state index contributed by atoms with van der Waals surface area (Å²) in [7, 11) is 0. The van der Waals surface area contributed by atoms with Gasteiger partial charge in [-0.3, -0.25) is 14.5 Å². The third-order valence-electron chi connectivity index (χ3n) is 5.73. The quantitative estimate of drug-likeness (QED) is 0.764. The molecule has 2 aromatic rings. The molecule has 0 radical (unpaired) electrons. The van der Waals surface area contributed by atoms with Gasteiger partial charge in [-0.1, -0.05) is 41.9 Å². The molecule has 1 N–H and O–H groups in total. The molecule has 0 spiro atoms. The number of anilines is 1. The molecule has 4 rings (SSSR count). The summed E-state index contributed by atoms with van der Waals surface area (Å²) in [6, 6.07) is 14.1. The van der Waals surface area contributed by atoms with Crippen molar-refractivity contribution in [3.63, 3.8) is 0 Å². The van der Waals surface area contributed by atoms with Crippen molar-refractivity contribution in [1.29, 1.82) is 0 Å². The lowest BCUT2D eigenvalue weighted by molar-refractivity contribution is -0.116. The molecule has 0 unspecified atom stereocenters. The van der Waals surface area contributed by atoms with E-state index in [0.717, 1.165) is 37.2 Å². The molecule has 2 aliphatic heterocycles. The third-order valence-corrected chi connectivity index (χ3v) is 6.04. The van der Waals surface area contributed by atoms with Crippen LogP contribution >= 0.6 is 11.6 Å². The second-order valence-corrected chi connectivity index (χ2v) is 8.30. The molecule has 1 atom stereocenters. The average Bonchev–Trinajstić information content (AvgIpc) is 2.68. The maximum Gasteiger partial charge on any atom is 0.224 e. The van der Waals surface area contributed by atoms with Gasteiger partial charge in [0.1, 0.15) is 0 Å². The summed E-state index contributed by atoms with van der Waals surface area (Å²) in [4.78, 5) is 26.7. The first-order chi connectivity index (χ1) is 13.6. The number of rotatable bonds is 5. The lowest BCUT2D eigenvalue weighted by atomic mass is 9.91. The van der Waals surface area contributed by atoms with Crippen molar-refractivity contribution in [1.82, 2.24) is 4.90 Å². The van der Waals surface area contributed by atoms with Crippen LogP contribution in [0.3, 0.4) is 0 Å². The van der Waals surface area contributed by atoms with Crippen LogP contribution in [0.5, 0.6) is 0 Å². The van der Waals surface area contributed by atoms with Crippen LogP contribution in [-0.4, -0.2) is 36.2 Å². The van der Waals surface area contributed by atoms with Gasteiger partial charge in [0.15, 0.2) is 5.78 Å². The molecule has 0 aromatic heterocycles. The van der Waals surface area contributed by atoms with Crippen LogP contribution in [0.2, 0.25) is 5.02 Å². The minimum atomic E-state index is 0.000387. The molecule has 1 saturated heterocycles. The van der Waals surface area contributed by atoms with E-state index >= 15 is 0 Å². The lowest BCUT2D eigenvalue weighted by Crippen LogP contribution is -2.39. The first-order valence-corrected chi connectivity index (χ1v) is 10.4. The van der Waals surface area contributed by atoms with Crippen LogP contribution in [0, 0.1) is 5.92 Å². The smallest absolute Gasteiger partial charge is 0.224 e. The summed E-state index contributed by atoms with van der Waals surface area (Å²) in [6.07, 6.45) is 4.50. The Morgan fingerprint density at radius 2 is 2.00 bits per heavy atom. The predicted molar refractivity (Wildman–Crippen MR) is 112 cm³/mol. The van der Waals surface area contributed by atoms with E-state index in [4.69, 9.17) is 11.6 Å². The zero-order valence-electron chi connectivity index (χ0n) is 15.9. The largest absolute Gasteiger partial charge is 0.326 e. The number of hydrogen-bond acceptors (Lipinski definition) is 3. The highest BCUT2D eigenvalue weighted by Gasteiger charge is 2.24. The van der Waals surface area contributed by atoms with Gasteiger partial charge in [0.2, 0.25) is 5.91 Å². The number of aryl methyl sites for hydroxylation is 1. The summed E-state index contributed by atoms with van der Waals surface area (Å²) in [6.45, 7) is 2.30. The predicted octanol–water partition coefficient (Wildman–Crippen LogP) is 4.36. The summed E-state index contributed by atoms with van der Waals surface area (Å²) in [5, 5.41) is 3.25. The van der Waals surface area contributed by atoms with E-state index < -0.39 is 0 Å². The number of nitrogens with zero attached hydrogens (tertiary/aromatic N) is 1. The third kappa shape index (κ3) is 4.45. The van der Waals surface area contributed by atoms with Gasteiger partial charge < -0.3 is 5.32 Å². The zero-order chi connectivity index (χ0) is 19.5. The fourth-order valence-electron chi connectivity index (χ4n) is 4.31. The lowest BCUT2D eigenvalue weighted by Gasteiger charge is -2.32. The van der Waals surface area contributed by atoms with E-state index in [1.165, 1.54) is 12.0 Å². The average molecular weight is 397 g/mol. The van der Waals surface area contributed by atoms with Crippen molar-refractivity contribution in [2.45, 2.75) is 32.1 Å². The van der Waals surface area contributed by atoms with Gasteiger partial charge in [-0.25, -0.2) is 0 Å². The topological polar surface area (TPSA) is 49.4 Å². The monoisotopic (exact) mass is 396 g/mol. The number of ketones is 1. The van der Waals surface area contributed by atoms with E-state index in [-0.39, 0.29) is 11.7 Å². The molecule has 5 heteroatoms. The first kappa shape index (κ1) is 19.2. The summed E-state index contributed by atoms with van der Waals surface area (Å²) in [5.41, 5.74) is 3.66. The van der Waals surface area contributed by atoms with Crippen molar-refractivity contribution in [3.05, 3.63) is 64.2 Å². The van der Waals surface area contributed by atoms with Crippen molar-refractivity contribution >= 4 is 29.0 Å². The maximum atomic E-state index is 12.9. The Labute approximate surface area is 170 Å². The molecule has 4 nitrogen and oxygen atoms in total. The second kappa shape index (κ2) is 8.46. The maximum absolute atomic E-state index is 12.9. The van der Waals surface area contributed by atoms with Gasteiger partial charge in [0, 0.05) is 24.2 Å². The molecule has 146 valence electrons. The Kier molecular flexibility index (Phi) is 5.79. The normalized spacial score (nSPS) is 19.8. The van der Waals surface area contributed by atoms with Crippen molar-refractivity contribution in [2.24, 2.45) is 5.92 Å². The fourth-order valence-corrected chi connectivity index (χ4v) is 4.58. The van der Waals surface area contributed by atoms with Crippen molar-refractivity contribution in [2.75, 3.05) is 25.0 Å². The van der Waals surface area contributed by atoms with E-state index in [0.29, 0.717) is 35.9 Å². The van der Waals surface area contributed by atoms with Crippen LogP contribution < -0.4 is 5.32 Å². The Balaban J connectivity index is 1.41. The standard InChI is InChI=1S/C23H25ClN2O2/c24-20-13-21-18(8-9-23(28)25-21)12-19(20)22(27)15-26-10-4-7-17(14-26)11-16-5-2-1-3-6-16/h1-3,5-6,12-13,17H,4,7-11,14-15H2,(H,25,28)/t17-/m1/s1. The highest BCUT2D eigenvalue weighted by atomic mass is 35.5. The number of fused-ring (bicyclic) bond motifs is 1. The van der Waals surface area contributed by atoms with Crippen LogP contribution in [0.25, 0.3) is 0 Å². The van der Waals surface area contributed by atoms with Crippen LogP contribution in [-0.2, 0) is 17.6 Å². The fraction of sp³-hybridized carbons (Fsp3) is 0.391. The molecule has 0 aliphatic carbocycles. The molecule has 0 bridgehead atoms. The zero-order valence-corrected chi connectivity index (χ0v) is 16.7. The number of likely N-dealkylation sites (tertiary alicyclic amines) is 1. The van der Waals surface area contributed by atoms with Gasteiger partial charge >= 0.3 is 0 Å². The number of hydrogen-bond donors (Lipinski definition) is 1. The van der Waals surface area contributed by atoms with E-state index in [2.05, 4.69) is 34.5 Å². The van der Waals surface area contributed by atoms with Gasteiger partial charge in [0.05, 0.1) is 11.6 Å². The molecule has 0 saturated carbocycles. The molecule has 28 heavy (non-hydrogen) atoms. The van der Waals surface area contributed by atoms with E-state index in [9.17, 15) is 9.59 Å². The van der Waals surface area contributed by atoms with Gasteiger partial charge in [-0.05, 0) is 61.4 Å². The first-order valence-electron chi connectivity index (χ1n) is 10.0. The van der Waals surface area contributed by atoms with Gasteiger partial charge in [0.25, 0.3) is 0 Å². The number of benzene rings is 2. The van der Waals surface area contributed by atoms with E-state index in [1.807, 2.05) is 12.1 Å². The Bertz CT molecular complexity index is 882. The molecule has 2 aromatic carbocycles. The summed E-state index contributed by atoms with van der Waals surface area (Å²) in [5.74, 6) is 0.642. The Morgan fingerprint density at radius 1 is 1.18 bits per heavy atom. The van der Waals surface area contributed by atoms with Crippen LogP contribution in [0.1, 0.15) is 40.7 Å². The van der Waals surface area contributed by atoms with Crippen LogP contribution in [0.15, 0.2) is 42.5 Å². The Hall–Kier alpha value is -2.17. The van der Waals surface area contributed by atoms with Crippen molar-refractivity contribution in [3.8, 4) is 0 Å². The van der Waals surface area contributed by atoms with Gasteiger partial charge in [-0.15, -0.1) is 0 Å². The molecular weight excluding hydrogens is 372 g/mol. The number of halogens is 1. The number of Topliss-reactive ketones (excluding diaryl/α,β-unsaturated/α-hetero) is 1.